The Kier molecular flexibility index (Phi) is 10.9. The fourth-order valence-electron chi connectivity index (χ4n) is 0.598. The molecule has 0 saturated heterocycles. The van der Waals surface area contributed by atoms with E-state index in [0.717, 1.165) is 11.1 Å². The average molecular weight is 304 g/mol. The van der Waals surface area contributed by atoms with E-state index in [1.54, 1.807) is 12.1 Å². The summed E-state index contributed by atoms with van der Waals surface area (Å²) in [5.41, 5.74) is 1.65. The van der Waals surface area contributed by atoms with Gasteiger partial charge in [-0.05, 0) is 0 Å². The van der Waals surface area contributed by atoms with E-state index in [1.807, 2.05) is 0 Å². The van der Waals surface area contributed by atoms with Crippen molar-refractivity contribution < 1.29 is 65.4 Å². The van der Waals surface area contributed by atoms with E-state index in [0.29, 0.717) is 0 Å². The molecule has 0 aliphatic carbocycles. The Morgan fingerprint density at radius 1 is 0.917 bits per heavy atom. The summed E-state index contributed by atoms with van der Waals surface area (Å²) in [4.78, 5) is 0. The Bertz CT molecular complexity index is 210. The fraction of sp³-hybridized carbons (Fsp3) is 0. The molecular weight excluding hydrogens is 298 g/mol. The van der Waals surface area contributed by atoms with Gasteiger partial charge >= 0.3 is 0 Å². The molecule has 0 nitrogen and oxygen atoms in total. The second-order valence-corrected chi connectivity index (χ2v) is 1.82. The first kappa shape index (κ1) is 15.4. The molecule has 2 heteroatoms. The van der Waals surface area contributed by atoms with Gasteiger partial charge in [0, 0.05) is 65.4 Å². The Hall–Kier alpha value is 0.908. The second-order valence-electron chi connectivity index (χ2n) is 1.82. The summed E-state index contributed by atoms with van der Waals surface area (Å²) >= 11 is 0. The summed E-state index contributed by atoms with van der Waals surface area (Å²) in [6, 6.07) is 9.30. The smallest absolute Gasteiger partial charge is 0 e. The maximum atomic E-state index is 5.22. The van der Waals surface area contributed by atoms with Crippen LogP contribution in [-0.4, -0.2) is 0 Å². The molecule has 1 rings (SSSR count). The summed E-state index contributed by atoms with van der Waals surface area (Å²) in [5.74, 6) is 0. The van der Waals surface area contributed by atoms with Gasteiger partial charge in [0.15, 0.2) is 0 Å². The number of benzene rings is 1. The van der Waals surface area contributed by atoms with Crippen molar-refractivity contribution in [2.24, 2.45) is 0 Å². The second kappa shape index (κ2) is 8.50. The predicted molar refractivity (Wildman–Crippen MR) is 41.6 cm³/mol. The third-order valence-electron chi connectivity index (χ3n) is 1.15. The largest absolute Gasteiger partial charge is 0.344 e. The molecule has 0 aromatic heterocycles. The molecule has 0 bridgehead atoms. The van der Waals surface area contributed by atoms with Gasteiger partial charge in [0.25, 0.3) is 0 Å². The topological polar surface area (TPSA) is 0 Å². The Morgan fingerprint density at radius 2 is 1.25 bits per heavy atom. The minimum atomic E-state index is 0. The number of hydrogen-bond acceptors (Lipinski definition) is 0. The van der Waals surface area contributed by atoms with E-state index in [-0.39, 0.29) is 65.4 Å². The first-order chi connectivity index (χ1) is 4.86. The molecule has 0 atom stereocenters. The molecule has 1 aromatic rings. The molecule has 0 unspecified atom stereocenters. The van der Waals surface area contributed by atoms with E-state index < -0.39 is 0 Å². The van der Waals surface area contributed by atoms with E-state index in [2.05, 4.69) is 12.1 Å². The Labute approximate surface area is 124 Å². The van der Waals surface area contributed by atoms with Crippen LogP contribution in [0.25, 0.3) is 12.2 Å². The van der Waals surface area contributed by atoms with Crippen molar-refractivity contribution in [1.29, 1.82) is 0 Å². The first-order valence-corrected chi connectivity index (χ1v) is 2.90. The molecule has 0 saturated carbocycles. The maximum absolute atomic E-state index is 5.22. The molecule has 1 aromatic carbocycles. The van der Waals surface area contributed by atoms with Gasteiger partial charge in [-0.3, -0.25) is 29.8 Å². The van der Waals surface area contributed by atoms with Crippen LogP contribution in [0, 0.1) is 25.3 Å². The zero-order chi connectivity index (χ0) is 7.40. The Morgan fingerprint density at radius 3 is 1.42 bits per heavy atom. The van der Waals surface area contributed by atoms with Gasteiger partial charge in [-0.15, -0.1) is 0 Å². The van der Waals surface area contributed by atoms with Crippen LogP contribution in [0.1, 0.15) is 11.1 Å². The van der Waals surface area contributed by atoms with Crippen molar-refractivity contribution >= 4 is 12.2 Å². The van der Waals surface area contributed by atoms with Crippen molar-refractivity contribution in [3.8, 4) is 0 Å². The van der Waals surface area contributed by atoms with Gasteiger partial charge in [-0.1, -0.05) is 0 Å². The van der Waals surface area contributed by atoms with Crippen molar-refractivity contribution in [3.05, 3.63) is 48.6 Å². The number of hydrogen-bond donors (Lipinski definition) is 0. The van der Waals surface area contributed by atoms with Crippen LogP contribution < -0.4 is 0 Å². The molecule has 0 heterocycles. The van der Waals surface area contributed by atoms with Crippen LogP contribution in [-0.2, 0) is 65.4 Å². The van der Waals surface area contributed by atoms with Crippen molar-refractivity contribution in [2.45, 2.75) is 0 Å². The van der Waals surface area contributed by atoms with Gasteiger partial charge in [-0.25, -0.2) is 6.07 Å². The van der Waals surface area contributed by atoms with E-state index >= 15 is 0 Å². The summed E-state index contributed by atoms with van der Waals surface area (Å²) in [7, 11) is 0. The third-order valence-corrected chi connectivity index (χ3v) is 1.15. The van der Waals surface area contributed by atoms with Gasteiger partial charge in [0.2, 0.25) is 0 Å². The summed E-state index contributed by atoms with van der Waals surface area (Å²) in [5, 5.41) is 0. The summed E-state index contributed by atoms with van der Waals surface area (Å²) in [6.45, 7) is 10.4. The van der Waals surface area contributed by atoms with E-state index in [4.69, 9.17) is 13.2 Å². The van der Waals surface area contributed by atoms with Gasteiger partial charge < -0.3 is 24.8 Å². The molecule has 0 aliphatic heterocycles. The monoisotopic (exact) mass is 304 g/mol. The van der Waals surface area contributed by atoms with Crippen LogP contribution in [0.2, 0.25) is 0 Å². The normalized spacial score (nSPS) is 7.33. The molecule has 0 amide bonds. The number of rotatable bonds is 2. The van der Waals surface area contributed by atoms with Crippen LogP contribution in [0.4, 0.5) is 0 Å². The van der Waals surface area contributed by atoms with Crippen LogP contribution in [0.3, 0.4) is 0 Å². The standard InChI is InChI=1S/C10H6.2Y/c1-3-9-5-7-10(4-2)8-6-9;;/h1-5,8H;;/q-4;;. The SMILES string of the molecule is [CH-]=Cc1[c-]cc(C=[CH-])[c-]c1.[Y].[Y]. The molecular formula is C10H6Y2-4. The van der Waals surface area contributed by atoms with Gasteiger partial charge in [0.05, 0.1) is 0 Å². The third kappa shape index (κ3) is 4.82. The zero-order valence-corrected chi connectivity index (χ0v) is 12.3. The van der Waals surface area contributed by atoms with E-state index in [1.165, 1.54) is 12.2 Å². The first-order valence-electron chi connectivity index (χ1n) is 2.90. The quantitative estimate of drug-likeness (QED) is 0.735. The molecule has 56 valence electrons. The maximum Gasteiger partial charge on any atom is 0 e. The molecule has 0 spiro atoms. The molecule has 12 heavy (non-hydrogen) atoms. The average Bonchev–Trinajstić information content (AvgIpc) is 2.05. The summed E-state index contributed by atoms with van der Waals surface area (Å²) in [6.07, 6.45) is 2.94. The predicted octanol–water partition coefficient (Wildman–Crippen LogP) is 2.17. The van der Waals surface area contributed by atoms with Crippen LogP contribution in [0.15, 0.2) is 12.1 Å². The minimum absolute atomic E-state index is 0. The van der Waals surface area contributed by atoms with Gasteiger partial charge in [-0.2, -0.15) is 0 Å². The molecule has 0 aliphatic rings. The molecule has 0 N–H and O–H groups in total. The Balaban J connectivity index is 0. The molecule has 2 radical (unpaired) electrons. The van der Waals surface area contributed by atoms with E-state index in [9.17, 15) is 0 Å². The zero-order valence-electron chi connectivity index (χ0n) is 6.62. The van der Waals surface area contributed by atoms with Crippen LogP contribution in [0.5, 0.6) is 0 Å². The van der Waals surface area contributed by atoms with Gasteiger partial charge in [0.1, 0.15) is 0 Å². The van der Waals surface area contributed by atoms with Crippen molar-refractivity contribution in [2.75, 3.05) is 0 Å². The van der Waals surface area contributed by atoms with Crippen molar-refractivity contribution in [3.63, 3.8) is 0 Å². The summed E-state index contributed by atoms with van der Waals surface area (Å²) < 4.78 is 0. The molecule has 0 fully saturated rings. The van der Waals surface area contributed by atoms with Crippen LogP contribution >= 0.6 is 0 Å². The minimum Gasteiger partial charge on any atom is -0.344 e. The fourth-order valence-corrected chi connectivity index (χ4v) is 0.598. The van der Waals surface area contributed by atoms with Crippen molar-refractivity contribution in [1.82, 2.24) is 0 Å².